The van der Waals surface area contributed by atoms with Gasteiger partial charge in [-0.15, -0.1) is 12.6 Å². The maximum Gasteiger partial charge on any atom is 0.184 e. The van der Waals surface area contributed by atoms with Gasteiger partial charge in [0, 0.05) is 17.0 Å². The van der Waals surface area contributed by atoms with E-state index in [2.05, 4.69) is 43.4 Å². The Hall–Kier alpha value is -0.570. The number of aryl methyl sites for hydroxylation is 2. The zero-order chi connectivity index (χ0) is 10.2. The van der Waals surface area contributed by atoms with E-state index in [-0.39, 0.29) is 5.41 Å². The van der Waals surface area contributed by atoms with Gasteiger partial charge in [-0.3, -0.25) is 0 Å². The number of nitrogens with zero attached hydrogens (tertiary/aromatic N) is 2. The van der Waals surface area contributed by atoms with Crippen molar-refractivity contribution in [2.75, 3.05) is 0 Å². The first-order chi connectivity index (χ1) is 5.82. The first kappa shape index (κ1) is 10.5. The summed E-state index contributed by atoms with van der Waals surface area (Å²) in [4.78, 5) is 8.51. The molecule has 0 bridgehead atoms. The van der Waals surface area contributed by atoms with Crippen LogP contribution in [-0.4, -0.2) is 9.97 Å². The van der Waals surface area contributed by atoms with Crippen molar-refractivity contribution < 1.29 is 0 Å². The summed E-state index contributed by atoms with van der Waals surface area (Å²) in [5, 5.41) is 0.558. The van der Waals surface area contributed by atoms with Crippen LogP contribution in [0.4, 0.5) is 0 Å². The third-order valence-corrected chi connectivity index (χ3v) is 2.21. The molecule has 1 rings (SSSR count). The smallest absolute Gasteiger partial charge is 0.184 e. The van der Waals surface area contributed by atoms with E-state index in [0.29, 0.717) is 5.16 Å². The number of hydrogen-bond acceptors (Lipinski definition) is 3. The van der Waals surface area contributed by atoms with E-state index in [1.54, 1.807) is 0 Å². The lowest BCUT2D eigenvalue weighted by atomic mass is 9.85. The summed E-state index contributed by atoms with van der Waals surface area (Å²) < 4.78 is 0. The van der Waals surface area contributed by atoms with Crippen molar-refractivity contribution in [2.45, 2.75) is 45.2 Å². The lowest BCUT2D eigenvalue weighted by Gasteiger charge is -2.22. The Kier molecular flexibility index (Phi) is 2.66. The molecule has 0 radical (unpaired) electrons. The molecule has 0 saturated carbocycles. The molecule has 0 saturated heterocycles. The van der Waals surface area contributed by atoms with Crippen molar-refractivity contribution in [3.05, 3.63) is 17.0 Å². The van der Waals surface area contributed by atoms with Crippen LogP contribution in [-0.2, 0) is 5.41 Å². The van der Waals surface area contributed by atoms with Crippen molar-refractivity contribution in [1.29, 1.82) is 0 Å². The second-order valence-electron chi connectivity index (χ2n) is 4.32. The highest BCUT2D eigenvalue weighted by Gasteiger charge is 2.20. The van der Waals surface area contributed by atoms with E-state index in [1.165, 1.54) is 5.56 Å². The minimum atomic E-state index is 0.107. The summed E-state index contributed by atoms with van der Waals surface area (Å²) in [6, 6.07) is 0. The Morgan fingerprint density at radius 3 is 1.69 bits per heavy atom. The van der Waals surface area contributed by atoms with Crippen molar-refractivity contribution in [3.8, 4) is 0 Å². The molecule has 3 heteroatoms. The van der Waals surface area contributed by atoms with Crippen LogP contribution in [0, 0.1) is 13.8 Å². The highest BCUT2D eigenvalue weighted by atomic mass is 32.1. The molecule has 0 atom stereocenters. The molecule has 0 aliphatic carbocycles. The van der Waals surface area contributed by atoms with Gasteiger partial charge >= 0.3 is 0 Å². The van der Waals surface area contributed by atoms with E-state index in [0.717, 1.165) is 11.4 Å². The topological polar surface area (TPSA) is 25.8 Å². The van der Waals surface area contributed by atoms with Crippen LogP contribution in [0.5, 0.6) is 0 Å². The van der Waals surface area contributed by atoms with Crippen LogP contribution in [0.1, 0.15) is 37.7 Å². The van der Waals surface area contributed by atoms with Crippen molar-refractivity contribution >= 4 is 12.6 Å². The third-order valence-electron chi connectivity index (χ3n) is 2.01. The lowest BCUT2D eigenvalue weighted by Crippen LogP contribution is -2.17. The molecule has 13 heavy (non-hydrogen) atoms. The summed E-state index contributed by atoms with van der Waals surface area (Å²) >= 11 is 4.14. The molecule has 0 unspecified atom stereocenters. The first-order valence-electron chi connectivity index (χ1n) is 4.37. The van der Waals surface area contributed by atoms with Crippen LogP contribution in [0.15, 0.2) is 5.16 Å². The first-order valence-corrected chi connectivity index (χ1v) is 4.82. The number of rotatable bonds is 0. The van der Waals surface area contributed by atoms with Crippen LogP contribution >= 0.6 is 12.6 Å². The van der Waals surface area contributed by atoms with Gasteiger partial charge < -0.3 is 0 Å². The Morgan fingerprint density at radius 2 is 1.38 bits per heavy atom. The summed E-state index contributed by atoms with van der Waals surface area (Å²) in [6.45, 7) is 10.5. The van der Waals surface area contributed by atoms with Crippen LogP contribution in [0.2, 0.25) is 0 Å². The fraction of sp³-hybridized carbons (Fsp3) is 0.600. The molecule has 0 spiro atoms. The predicted octanol–water partition coefficient (Wildman–Crippen LogP) is 2.68. The average Bonchev–Trinajstić information content (AvgIpc) is 1.78. The Morgan fingerprint density at radius 1 is 1.00 bits per heavy atom. The third kappa shape index (κ3) is 2.21. The molecule has 1 aromatic heterocycles. The molecule has 0 aromatic carbocycles. The quantitative estimate of drug-likeness (QED) is 0.510. The van der Waals surface area contributed by atoms with Crippen molar-refractivity contribution in [2.24, 2.45) is 0 Å². The van der Waals surface area contributed by atoms with Gasteiger partial charge in [0.25, 0.3) is 0 Å². The molecule has 72 valence electrons. The fourth-order valence-electron chi connectivity index (χ4n) is 1.78. The second kappa shape index (κ2) is 3.29. The summed E-state index contributed by atoms with van der Waals surface area (Å²) in [6.07, 6.45) is 0. The van der Waals surface area contributed by atoms with Gasteiger partial charge in [0.05, 0.1) is 0 Å². The minimum Gasteiger partial charge on any atom is -0.228 e. The van der Waals surface area contributed by atoms with E-state index < -0.39 is 0 Å². The van der Waals surface area contributed by atoms with Crippen LogP contribution in [0.3, 0.4) is 0 Å². The lowest BCUT2D eigenvalue weighted by molar-refractivity contribution is 0.568. The van der Waals surface area contributed by atoms with Gasteiger partial charge in [0.1, 0.15) is 0 Å². The van der Waals surface area contributed by atoms with Crippen LogP contribution < -0.4 is 0 Å². The average molecular weight is 196 g/mol. The summed E-state index contributed by atoms with van der Waals surface area (Å²) in [7, 11) is 0. The van der Waals surface area contributed by atoms with Crippen LogP contribution in [0.25, 0.3) is 0 Å². The zero-order valence-electron chi connectivity index (χ0n) is 8.84. The minimum absolute atomic E-state index is 0.107. The molecule has 0 N–H and O–H groups in total. The van der Waals surface area contributed by atoms with Crippen molar-refractivity contribution in [1.82, 2.24) is 9.97 Å². The van der Waals surface area contributed by atoms with E-state index in [9.17, 15) is 0 Å². The molecular weight excluding hydrogens is 180 g/mol. The van der Waals surface area contributed by atoms with Crippen molar-refractivity contribution in [3.63, 3.8) is 0 Å². The highest BCUT2D eigenvalue weighted by molar-refractivity contribution is 7.80. The molecule has 1 aromatic rings. The predicted molar refractivity (Wildman–Crippen MR) is 57.5 cm³/mol. The second-order valence-corrected chi connectivity index (χ2v) is 4.72. The maximum absolute atomic E-state index is 4.25. The van der Waals surface area contributed by atoms with E-state index in [4.69, 9.17) is 0 Å². The Bertz CT molecular complexity index is 303. The standard InChI is InChI=1S/C10H16N2S/c1-6-8(10(3,4)5)7(2)12-9(13)11-6/h1-5H3,(H,11,12,13). The number of aromatic nitrogens is 2. The van der Waals surface area contributed by atoms with Gasteiger partial charge in [-0.05, 0) is 19.3 Å². The largest absolute Gasteiger partial charge is 0.228 e. The highest BCUT2D eigenvalue weighted by Crippen LogP contribution is 2.27. The van der Waals surface area contributed by atoms with Gasteiger partial charge in [0.2, 0.25) is 0 Å². The SMILES string of the molecule is Cc1nc(S)nc(C)c1C(C)(C)C. The molecular formula is C10H16N2S. The van der Waals surface area contributed by atoms with Gasteiger partial charge in [-0.2, -0.15) is 0 Å². The monoisotopic (exact) mass is 196 g/mol. The Labute approximate surface area is 85.2 Å². The summed E-state index contributed by atoms with van der Waals surface area (Å²) in [5.41, 5.74) is 3.40. The van der Waals surface area contributed by atoms with E-state index >= 15 is 0 Å². The van der Waals surface area contributed by atoms with E-state index in [1.807, 2.05) is 13.8 Å². The van der Waals surface area contributed by atoms with Gasteiger partial charge in [-0.1, -0.05) is 20.8 Å². The molecule has 0 aliphatic rings. The van der Waals surface area contributed by atoms with Gasteiger partial charge in [-0.25, -0.2) is 9.97 Å². The molecule has 2 nitrogen and oxygen atoms in total. The summed E-state index contributed by atoms with van der Waals surface area (Å²) in [5.74, 6) is 0. The normalized spacial score (nSPS) is 11.8. The molecule has 0 aliphatic heterocycles. The number of thiol groups is 1. The molecule has 1 heterocycles. The fourth-order valence-corrected chi connectivity index (χ4v) is 2.08. The zero-order valence-corrected chi connectivity index (χ0v) is 9.74. The molecule has 0 fully saturated rings. The Balaban J connectivity index is 3.38. The molecule has 0 amide bonds. The van der Waals surface area contributed by atoms with Gasteiger partial charge in [0.15, 0.2) is 5.16 Å². The number of hydrogen-bond donors (Lipinski definition) is 1. The maximum atomic E-state index is 4.25.